The normalized spacial score (nSPS) is 20.1. The number of amides is 1. The highest BCUT2D eigenvalue weighted by atomic mass is 32.2. The Bertz CT molecular complexity index is 957. The minimum absolute atomic E-state index is 0.00279. The van der Waals surface area contributed by atoms with E-state index in [4.69, 9.17) is 0 Å². The van der Waals surface area contributed by atoms with E-state index < -0.39 is 9.84 Å². The summed E-state index contributed by atoms with van der Waals surface area (Å²) in [6.07, 6.45) is 1.29. The van der Waals surface area contributed by atoms with Crippen LogP contribution in [-0.2, 0) is 14.6 Å². The first-order valence-corrected chi connectivity index (χ1v) is 11.9. The van der Waals surface area contributed by atoms with E-state index in [2.05, 4.69) is 15.1 Å². The summed E-state index contributed by atoms with van der Waals surface area (Å²) in [5, 5.41) is 4.90. The third kappa shape index (κ3) is 4.43. The number of aromatic nitrogens is 4. The van der Waals surface area contributed by atoms with Crippen molar-refractivity contribution in [2.45, 2.75) is 57.8 Å². The first-order chi connectivity index (χ1) is 12.7. The van der Waals surface area contributed by atoms with Gasteiger partial charge in [-0.15, -0.1) is 5.10 Å². The fourth-order valence-corrected chi connectivity index (χ4v) is 5.81. The number of carbonyl (C=O) groups excluding carboxylic acids is 1. The van der Waals surface area contributed by atoms with Gasteiger partial charge in [-0.2, -0.15) is 4.98 Å². The van der Waals surface area contributed by atoms with Crippen LogP contribution < -0.4 is 0 Å². The van der Waals surface area contributed by atoms with Gasteiger partial charge in [0.05, 0.1) is 17.3 Å². The van der Waals surface area contributed by atoms with Gasteiger partial charge in [-0.3, -0.25) is 4.79 Å². The monoisotopic (exact) mass is 411 g/mol. The van der Waals surface area contributed by atoms with Crippen molar-refractivity contribution in [3.8, 4) is 0 Å². The Kier molecular flexibility index (Phi) is 5.76. The molecule has 27 heavy (non-hydrogen) atoms. The van der Waals surface area contributed by atoms with E-state index in [1.165, 1.54) is 11.8 Å². The Hall–Kier alpha value is -1.68. The van der Waals surface area contributed by atoms with Crippen molar-refractivity contribution in [2.24, 2.45) is 0 Å². The molecule has 1 saturated heterocycles. The van der Waals surface area contributed by atoms with Crippen LogP contribution in [0.4, 0.5) is 0 Å². The standard InChI is InChI=1S/C17H25N5O3S2/c1-5-12(3)21(14-6-7-27(24,25)10-14)15(23)9-26-17-19-16-18-11(2)8-13(4)22(16)20-17/h8,12,14H,5-7,9-10H2,1-4H3/t12-,14-/m1/s1. The predicted octanol–water partition coefficient (Wildman–Crippen LogP) is 1.65. The molecule has 0 spiro atoms. The molecule has 0 aromatic carbocycles. The van der Waals surface area contributed by atoms with Gasteiger partial charge in [0.15, 0.2) is 9.84 Å². The highest BCUT2D eigenvalue weighted by molar-refractivity contribution is 7.99. The fourth-order valence-electron chi connectivity index (χ4n) is 3.41. The van der Waals surface area contributed by atoms with Crippen molar-refractivity contribution in [1.29, 1.82) is 0 Å². The zero-order valence-corrected chi connectivity index (χ0v) is 17.7. The molecule has 148 valence electrons. The Morgan fingerprint density at radius 3 is 2.78 bits per heavy atom. The van der Waals surface area contributed by atoms with E-state index in [9.17, 15) is 13.2 Å². The number of nitrogens with zero attached hydrogens (tertiary/aromatic N) is 5. The summed E-state index contributed by atoms with van der Waals surface area (Å²) in [4.78, 5) is 23.4. The molecule has 10 heteroatoms. The van der Waals surface area contributed by atoms with E-state index in [1.807, 2.05) is 33.8 Å². The minimum Gasteiger partial charge on any atom is -0.335 e. The van der Waals surface area contributed by atoms with Crippen LogP contribution in [0.2, 0.25) is 0 Å². The molecule has 1 aliphatic rings. The number of rotatable bonds is 6. The maximum atomic E-state index is 12.9. The molecular formula is C17H25N5O3S2. The molecule has 3 heterocycles. The Labute approximate surface area is 163 Å². The minimum atomic E-state index is -3.05. The van der Waals surface area contributed by atoms with Crippen LogP contribution in [0.3, 0.4) is 0 Å². The van der Waals surface area contributed by atoms with Gasteiger partial charge in [-0.25, -0.2) is 17.9 Å². The van der Waals surface area contributed by atoms with Gasteiger partial charge in [0, 0.05) is 23.5 Å². The number of fused-ring (bicyclic) bond motifs is 1. The van der Waals surface area contributed by atoms with Crippen molar-refractivity contribution in [3.63, 3.8) is 0 Å². The van der Waals surface area contributed by atoms with Crippen LogP contribution in [0.25, 0.3) is 5.78 Å². The molecule has 0 N–H and O–H groups in total. The van der Waals surface area contributed by atoms with Crippen LogP contribution in [0.5, 0.6) is 0 Å². The second-order valence-corrected chi connectivity index (χ2v) is 10.2. The van der Waals surface area contributed by atoms with Gasteiger partial charge in [0.25, 0.3) is 5.78 Å². The van der Waals surface area contributed by atoms with Gasteiger partial charge in [-0.05, 0) is 39.7 Å². The molecule has 1 amide bonds. The average molecular weight is 412 g/mol. The van der Waals surface area contributed by atoms with Crippen LogP contribution in [-0.4, -0.2) is 68.1 Å². The Morgan fingerprint density at radius 1 is 1.41 bits per heavy atom. The van der Waals surface area contributed by atoms with E-state index >= 15 is 0 Å². The van der Waals surface area contributed by atoms with Crippen molar-refractivity contribution < 1.29 is 13.2 Å². The summed E-state index contributed by atoms with van der Waals surface area (Å²) < 4.78 is 25.4. The highest BCUT2D eigenvalue weighted by Gasteiger charge is 2.36. The largest absolute Gasteiger partial charge is 0.335 e. The lowest BCUT2D eigenvalue weighted by molar-refractivity contribution is -0.132. The molecule has 0 bridgehead atoms. The summed E-state index contributed by atoms with van der Waals surface area (Å²) in [5.74, 6) is 0.835. The molecule has 0 radical (unpaired) electrons. The van der Waals surface area contributed by atoms with Gasteiger partial charge in [0.1, 0.15) is 0 Å². The number of sulfone groups is 1. The topological polar surface area (TPSA) is 97.5 Å². The summed E-state index contributed by atoms with van der Waals surface area (Å²) in [6, 6.07) is 1.68. The third-order valence-corrected chi connectivity index (χ3v) is 7.45. The average Bonchev–Trinajstić information content (AvgIpc) is 3.16. The molecule has 2 aromatic rings. The number of thioether (sulfide) groups is 1. The summed E-state index contributed by atoms with van der Waals surface area (Å²) in [5.41, 5.74) is 1.80. The van der Waals surface area contributed by atoms with Crippen molar-refractivity contribution in [1.82, 2.24) is 24.5 Å². The molecule has 0 saturated carbocycles. The summed E-state index contributed by atoms with van der Waals surface area (Å²) >= 11 is 1.26. The first-order valence-electron chi connectivity index (χ1n) is 9.05. The zero-order valence-electron chi connectivity index (χ0n) is 16.0. The van der Waals surface area contributed by atoms with Gasteiger partial charge < -0.3 is 4.90 Å². The molecule has 1 aliphatic heterocycles. The molecule has 1 fully saturated rings. The molecule has 8 nitrogen and oxygen atoms in total. The third-order valence-electron chi connectivity index (χ3n) is 4.88. The van der Waals surface area contributed by atoms with E-state index in [0.29, 0.717) is 17.4 Å². The lowest BCUT2D eigenvalue weighted by atomic mass is 10.1. The quantitative estimate of drug-likeness (QED) is 0.667. The zero-order chi connectivity index (χ0) is 19.8. The second-order valence-electron chi connectivity index (χ2n) is 7.05. The van der Waals surface area contributed by atoms with Crippen molar-refractivity contribution in [2.75, 3.05) is 17.3 Å². The molecule has 2 aromatic heterocycles. The smallest absolute Gasteiger partial charge is 0.253 e. The predicted molar refractivity (Wildman–Crippen MR) is 105 cm³/mol. The highest BCUT2D eigenvalue weighted by Crippen LogP contribution is 2.24. The molecule has 2 atom stereocenters. The first kappa shape index (κ1) is 20.1. The number of hydrogen-bond acceptors (Lipinski definition) is 7. The number of aryl methyl sites for hydroxylation is 2. The van der Waals surface area contributed by atoms with Crippen LogP contribution >= 0.6 is 11.8 Å². The van der Waals surface area contributed by atoms with Crippen molar-refractivity contribution in [3.05, 3.63) is 17.5 Å². The summed E-state index contributed by atoms with van der Waals surface area (Å²) in [7, 11) is -3.05. The van der Waals surface area contributed by atoms with Crippen LogP contribution in [0, 0.1) is 13.8 Å². The molecular weight excluding hydrogens is 386 g/mol. The van der Waals surface area contributed by atoms with Crippen LogP contribution in [0.15, 0.2) is 11.2 Å². The Morgan fingerprint density at radius 2 is 2.15 bits per heavy atom. The molecule has 0 unspecified atom stereocenters. The maximum absolute atomic E-state index is 12.9. The van der Waals surface area contributed by atoms with Gasteiger partial charge in [-0.1, -0.05) is 18.7 Å². The lowest BCUT2D eigenvalue weighted by Gasteiger charge is -2.33. The molecule has 3 rings (SSSR count). The fraction of sp³-hybridized carbons (Fsp3) is 0.647. The number of hydrogen-bond donors (Lipinski definition) is 0. The van der Waals surface area contributed by atoms with Crippen LogP contribution in [0.1, 0.15) is 38.1 Å². The van der Waals surface area contributed by atoms with Gasteiger partial charge >= 0.3 is 0 Å². The SMILES string of the molecule is CC[C@@H](C)N(C(=O)CSc1nc2nc(C)cc(C)n2n1)[C@@H]1CCS(=O)(=O)C1. The number of carbonyl (C=O) groups is 1. The van der Waals surface area contributed by atoms with E-state index in [-0.39, 0.29) is 35.2 Å². The maximum Gasteiger partial charge on any atom is 0.253 e. The Balaban J connectivity index is 1.73. The summed E-state index contributed by atoms with van der Waals surface area (Å²) in [6.45, 7) is 7.80. The van der Waals surface area contributed by atoms with E-state index in [1.54, 1.807) is 9.42 Å². The van der Waals surface area contributed by atoms with E-state index in [0.717, 1.165) is 17.8 Å². The lowest BCUT2D eigenvalue weighted by Crippen LogP contribution is -2.47. The molecule has 0 aliphatic carbocycles. The van der Waals surface area contributed by atoms with Crippen molar-refractivity contribution >= 4 is 33.3 Å². The second kappa shape index (κ2) is 7.75. The van der Waals surface area contributed by atoms with Gasteiger partial charge in [0.2, 0.25) is 11.1 Å².